The van der Waals surface area contributed by atoms with E-state index in [2.05, 4.69) is 15.3 Å². The summed E-state index contributed by atoms with van der Waals surface area (Å²) in [5, 5.41) is 4.14. The topological polar surface area (TPSA) is 59.2 Å². The van der Waals surface area contributed by atoms with Crippen LogP contribution in [0.25, 0.3) is 11.0 Å². The van der Waals surface area contributed by atoms with Crippen LogP contribution in [0.3, 0.4) is 0 Å². The quantitative estimate of drug-likeness (QED) is 0.427. The predicted molar refractivity (Wildman–Crippen MR) is 115 cm³/mol. The molecule has 29 heavy (non-hydrogen) atoms. The second kappa shape index (κ2) is 8.99. The molecule has 0 atom stereocenters. The smallest absolute Gasteiger partial charge is 0.166 e. The number of methoxy groups -OCH3 is 1. The molecule has 4 aromatic rings. The van der Waals surface area contributed by atoms with Crippen LogP contribution in [0, 0.1) is 0 Å². The first-order valence-corrected chi connectivity index (χ1v) is 9.78. The molecule has 0 saturated heterocycles. The number of hydrogen-bond donors (Lipinski definition) is 2. The van der Waals surface area contributed by atoms with Gasteiger partial charge in [-0.2, -0.15) is 0 Å². The number of nitrogens with zero attached hydrogens (tertiary/aromatic N) is 1. The number of rotatable bonds is 8. The lowest BCUT2D eigenvalue weighted by Crippen LogP contribution is -2.15. The highest BCUT2D eigenvalue weighted by atomic mass is 35.5. The Morgan fingerprint density at radius 2 is 1.79 bits per heavy atom. The van der Waals surface area contributed by atoms with Crippen molar-refractivity contribution in [1.29, 1.82) is 0 Å². The fraction of sp³-hybridized carbons (Fsp3) is 0.174. The monoisotopic (exact) mass is 407 g/mol. The van der Waals surface area contributed by atoms with Gasteiger partial charge in [-0.05, 0) is 35.9 Å². The number of imidazole rings is 1. The predicted octanol–water partition coefficient (Wildman–Crippen LogP) is 5.09. The number of ether oxygens (including phenoxy) is 2. The Morgan fingerprint density at radius 3 is 2.59 bits per heavy atom. The molecular formula is C23H22ClN3O2. The molecule has 0 spiro atoms. The number of nitrogens with one attached hydrogen (secondary N) is 2. The van der Waals surface area contributed by atoms with Crippen LogP contribution in [0.1, 0.15) is 17.0 Å². The molecule has 5 nitrogen and oxygen atoms in total. The van der Waals surface area contributed by atoms with Crippen LogP contribution in [0.4, 0.5) is 0 Å². The third-order valence-corrected chi connectivity index (χ3v) is 4.88. The molecule has 4 rings (SSSR count). The van der Waals surface area contributed by atoms with Gasteiger partial charge in [-0.25, -0.2) is 4.98 Å². The van der Waals surface area contributed by atoms with Crippen molar-refractivity contribution in [2.45, 2.75) is 19.7 Å². The Labute approximate surface area is 174 Å². The molecule has 6 heteroatoms. The standard InChI is InChI=1S/C23H22ClN3O2/c1-28-21-8-4-5-17(23(21)29-15-16-9-11-18(24)12-10-16)13-25-14-22-26-19-6-2-3-7-20(19)27-22/h2-12,25H,13-15H2,1H3,(H,26,27). The van der Waals surface area contributed by atoms with Gasteiger partial charge in [-0.1, -0.05) is 48.0 Å². The van der Waals surface area contributed by atoms with E-state index in [0.29, 0.717) is 30.5 Å². The van der Waals surface area contributed by atoms with Gasteiger partial charge in [0.25, 0.3) is 0 Å². The van der Waals surface area contributed by atoms with Gasteiger partial charge in [0.05, 0.1) is 24.7 Å². The summed E-state index contributed by atoms with van der Waals surface area (Å²) in [7, 11) is 1.65. The van der Waals surface area contributed by atoms with Crippen LogP contribution in [-0.2, 0) is 19.7 Å². The summed E-state index contributed by atoms with van der Waals surface area (Å²) in [5.41, 5.74) is 4.08. The zero-order chi connectivity index (χ0) is 20.1. The number of halogens is 1. The highest BCUT2D eigenvalue weighted by Gasteiger charge is 2.11. The summed E-state index contributed by atoms with van der Waals surface area (Å²) in [5.74, 6) is 2.35. The van der Waals surface area contributed by atoms with Crippen LogP contribution < -0.4 is 14.8 Å². The Bertz CT molecular complexity index is 1060. The summed E-state index contributed by atoms with van der Waals surface area (Å²) in [6.07, 6.45) is 0. The van der Waals surface area contributed by atoms with E-state index in [-0.39, 0.29) is 0 Å². The first-order valence-electron chi connectivity index (χ1n) is 9.40. The zero-order valence-electron chi connectivity index (χ0n) is 16.1. The minimum atomic E-state index is 0.439. The van der Waals surface area contributed by atoms with Gasteiger partial charge in [-0.15, -0.1) is 0 Å². The third kappa shape index (κ3) is 4.70. The van der Waals surface area contributed by atoms with Crippen molar-refractivity contribution >= 4 is 22.6 Å². The molecule has 1 heterocycles. The summed E-state index contributed by atoms with van der Waals surface area (Å²) in [6, 6.07) is 21.5. The second-order valence-electron chi connectivity index (χ2n) is 6.67. The number of aromatic nitrogens is 2. The van der Waals surface area contributed by atoms with E-state index in [0.717, 1.165) is 33.7 Å². The van der Waals surface area contributed by atoms with E-state index in [9.17, 15) is 0 Å². The van der Waals surface area contributed by atoms with Crippen molar-refractivity contribution in [2.75, 3.05) is 7.11 Å². The molecule has 0 aliphatic rings. The molecule has 0 bridgehead atoms. The SMILES string of the molecule is COc1cccc(CNCc2nc3ccccc3[nH]2)c1OCc1ccc(Cl)cc1. The number of para-hydroxylation sites is 3. The Balaban J connectivity index is 1.44. The average Bonchev–Trinajstić information content (AvgIpc) is 3.16. The molecule has 0 amide bonds. The highest BCUT2D eigenvalue weighted by molar-refractivity contribution is 6.30. The molecule has 0 radical (unpaired) electrons. The maximum atomic E-state index is 6.10. The van der Waals surface area contributed by atoms with E-state index in [1.807, 2.05) is 66.7 Å². The Hall–Kier alpha value is -3.02. The van der Waals surface area contributed by atoms with Crippen molar-refractivity contribution in [2.24, 2.45) is 0 Å². The number of H-pyrrole nitrogens is 1. The molecule has 1 aromatic heterocycles. The van der Waals surface area contributed by atoms with Gasteiger partial charge in [0.2, 0.25) is 0 Å². The third-order valence-electron chi connectivity index (χ3n) is 4.62. The van der Waals surface area contributed by atoms with Crippen molar-refractivity contribution in [1.82, 2.24) is 15.3 Å². The first kappa shape index (κ1) is 19.3. The molecule has 0 fully saturated rings. The number of fused-ring (bicyclic) bond motifs is 1. The normalized spacial score (nSPS) is 11.0. The van der Waals surface area contributed by atoms with Gasteiger partial charge in [-0.3, -0.25) is 0 Å². The summed E-state index contributed by atoms with van der Waals surface area (Å²) < 4.78 is 11.6. The van der Waals surface area contributed by atoms with Crippen LogP contribution in [0.2, 0.25) is 5.02 Å². The minimum absolute atomic E-state index is 0.439. The molecule has 0 aliphatic heterocycles. The van der Waals surface area contributed by atoms with Gasteiger partial charge in [0.1, 0.15) is 12.4 Å². The molecular weight excluding hydrogens is 386 g/mol. The Kier molecular flexibility index (Phi) is 5.98. The summed E-state index contributed by atoms with van der Waals surface area (Å²) >= 11 is 5.96. The Morgan fingerprint density at radius 1 is 0.966 bits per heavy atom. The van der Waals surface area contributed by atoms with Crippen molar-refractivity contribution in [3.63, 3.8) is 0 Å². The molecule has 3 aromatic carbocycles. The largest absolute Gasteiger partial charge is 0.493 e. The van der Waals surface area contributed by atoms with Gasteiger partial charge in [0, 0.05) is 17.1 Å². The maximum absolute atomic E-state index is 6.10. The molecule has 2 N–H and O–H groups in total. The first-order chi connectivity index (χ1) is 14.2. The van der Waals surface area contributed by atoms with E-state index >= 15 is 0 Å². The van der Waals surface area contributed by atoms with E-state index in [4.69, 9.17) is 21.1 Å². The lowest BCUT2D eigenvalue weighted by Gasteiger charge is -2.15. The molecule has 0 unspecified atom stereocenters. The fourth-order valence-corrected chi connectivity index (χ4v) is 3.29. The van der Waals surface area contributed by atoms with Crippen molar-refractivity contribution in [3.05, 3.63) is 88.7 Å². The summed E-state index contributed by atoms with van der Waals surface area (Å²) in [4.78, 5) is 7.93. The van der Waals surface area contributed by atoms with E-state index < -0.39 is 0 Å². The minimum Gasteiger partial charge on any atom is -0.493 e. The zero-order valence-corrected chi connectivity index (χ0v) is 16.9. The second-order valence-corrected chi connectivity index (χ2v) is 7.10. The number of hydrogen-bond acceptors (Lipinski definition) is 4. The average molecular weight is 408 g/mol. The highest BCUT2D eigenvalue weighted by Crippen LogP contribution is 2.32. The van der Waals surface area contributed by atoms with E-state index in [1.165, 1.54) is 0 Å². The van der Waals surface area contributed by atoms with Gasteiger partial charge in [0.15, 0.2) is 11.5 Å². The number of benzene rings is 3. The van der Waals surface area contributed by atoms with Crippen molar-refractivity contribution < 1.29 is 9.47 Å². The summed E-state index contributed by atoms with van der Waals surface area (Å²) in [6.45, 7) is 1.70. The van der Waals surface area contributed by atoms with Crippen LogP contribution in [0.5, 0.6) is 11.5 Å². The van der Waals surface area contributed by atoms with E-state index in [1.54, 1.807) is 7.11 Å². The van der Waals surface area contributed by atoms with Gasteiger partial charge < -0.3 is 19.8 Å². The molecule has 148 valence electrons. The van der Waals surface area contributed by atoms with Crippen LogP contribution in [0.15, 0.2) is 66.7 Å². The lowest BCUT2D eigenvalue weighted by molar-refractivity contribution is 0.280. The van der Waals surface area contributed by atoms with Crippen molar-refractivity contribution in [3.8, 4) is 11.5 Å². The fourth-order valence-electron chi connectivity index (χ4n) is 3.17. The van der Waals surface area contributed by atoms with Crippen LogP contribution >= 0.6 is 11.6 Å². The maximum Gasteiger partial charge on any atom is 0.166 e. The van der Waals surface area contributed by atoms with Gasteiger partial charge >= 0.3 is 0 Å². The number of aromatic amines is 1. The molecule has 0 saturated carbocycles. The lowest BCUT2D eigenvalue weighted by atomic mass is 10.1. The molecule has 0 aliphatic carbocycles. The van der Waals surface area contributed by atoms with Crippen LogP contribution in [-0.4, -0.2) is 17.1 Å².